The second kappa shape index (κ2) is 5.60. The van der Waals surface area contributed by atoms with Gasteiger partial charge in [-0.05, 0) is 19.8 Å². The molecule has 1 fully saturated rings. The first kappa shape index (κ1) is 11.0. The van der Waals surface area contributed by atoms with Crippen molar-refractivity contribution in [3.8, 4) is 0 Å². The van der Waals surface area contributed by atoms with Crippen molar-refractivity contribution in [3.05, 3.63) is 0 Å². The number of halogens is 1. The summed E-state index contributed by atoms with van der Waals surface area (Å²) in [5, 5.41) is 3.73. The van der Waals surface area contributed by atoms with Crippen LogP contribution in [0.5, 0.6) is 0 Å². The summed E-state index contributed by atoms with van der Waals surface area (Å²) in [7, 11) is 0. The molecule has 3 nitrogen and oxygen atoms in total. The predicted octanol–water partition coefficient (Wildman–Crippen LogP) is 1.46. The maximum Gasteiger partial charge on any atom is 0.221 e. The smallest absolute Gasteiger partial charge is 0.221 e. The molecule has 1 aliphatic rings. The summed E-state index contributed by atoms with van der Waals surface area (Å²) in [6, 6.07) is 0.315. The van der Waals surface area contributed by atoms with Gasteiger partial charge in [0.15, 0.2) is 0 Å². The molecule has 0 aromatic heterocycles. The van der Waals surface area contributed by atoms with Crippen LogP contribution < -0.4 is 5.32 Å². The monoisotopic (exact) mass is 249 g/mol. The second-order valence-corrected chi connectivity index (χ2v) is 4.20. The minimum Gasteiger partial charge on any atom is -0.378 e. The molecule has 0 aromatic carbocycles. The first-order valence-corrected chi connectivity index (χ1v) is 5.81. The highest BCUT2D eigenvalue weighted by atomic mass is 79.9. The third-order valence-corrected chi connectivity index (χ3v) is 2.57. The van der Waals surface area contributed by atoms with Gasteiger partial charge in [0.25, 0.3) is 0 Å². The zero-order valence-electron chi connectivity index (χ0n) is 7.88. The lowest BCUT2D eigenvalue weighted by Gasteiger charge is -2.27. The fourth-order valence-electron chi connectivity index (χ4n) is 1.51. The van der Waals surface area contributed by atoms with Crippen LogP contribution in [0.4, 0.5) is 0 Å². The van der Waals surface area contributed by atoms with Gasteiger partial charge in [-0.15, -0.1) is 0 Å². The quantitative estimate of drug-likeness (QED) is 0.770. The van der Waals surface area contributed by atoms with E-state index in [2.05, 4.69) is 21.2 Å². The minimum absolute atomic E-state index is 0.135. The van der Waals surface area contributed by atoms with Crippen molar-refractivity contribution in [3.63, 3.8) is 0 Å². The first-order valence-electron chi connectivity index (χ1n) is 4.69. The molecule has 76 valence electrons. The van der Waals surface area contributed by atoms with E-state index in [-0.39, 0.29) is 12.0 Å². The summed E-state index contributed by atoms with van der Waals surface area (Å²) < 4.78 is 5.39. The number of carbonyl (C=O) groups is 1. The normalized spacial score (nSPS) is 28.5. The summed E-state index contributed by atoms with van der Waals surface area (Å²) in [6.07, 6.45) is 2.72. The van der Waals surface area contributed by atoms with Crippen molar-refractivity contribution >= 4 is 21.8 Å². The minimum atomic E-state index is 0.135. The Bertz CT molecular complexity index is 175. The van der Waals surface area contributed by atoms with E-state index >= 15 is 0 Å². The molecule has 1 amide bonds. The lowest BCUT2D eigenvalue weighted by Crippen LogP contribution is -2.41. The van der Waals surface area contributed by atoms with Crippen LogP contribution in [0.25, 0.3) is 0 Å². The van der Waals surface area contributed by atoms with Crippen molar-refractivity contribution in [1.29, 1.82) is 0 Å². The molecule has 13 heavy (non-hydrogen) atoms. The van der Waals surface area contributed by atoms with E-state index in [4.69, 9.17) is 4.74 Å². The van der Waals surface area contributed by atoms with Crippen LogP contribution in [0.3, 0.4) is 0 Å². The van der Waals surface area contributed by atoms with E-state index < -0.39 is 0 Å². The van der Waals surface area contributed by atoms with Gasteiger partial charge >= 0.3 is 0 Å². The van der Waals surface area contributed by atoms with Gasteiger partial charge < -0.3 is 10.1 Å². The summed E-state index contributed by atoms with van der Waals surface area (Å²) in [5.74, 6) is 0.135. The number of rotatable bonds is 3. The lowest BCUT2D eigenvalue weighted by atomic mass is 10.0. The van der Waals surface area contributed by atoms with Gasteiger partial charge in [-0.25, -0.2) is 0 Å². The fraction of sp³-hybridized carbons (Fsp3) is 0.889. The summed E-state index contributed by atoms with van der Waals surface area (Å²) >= 11 is 3.24. The van der Waals surface area contributed by atoms with E-state index in [0.717, 1.165) is 24.8 Å². The van der Waals surface area contributed by atoms with Crippen molar-refractivity contribution in [1.82, 2.24) is 5.32 Å². The average Bonchev–Trinajstić information content (AvgIpc) is 2.04. The molecule has 0 saturated carbocycles. The van der Waals surface area contributed by atoms with Crippen LogP contribution >= 0.6 is 15.9 Å². The summed E-state index contributed by atoms with van der Waals surface area (Å²) in [4.78, 5) is 11.2. The first-order chi connectivity index (χ1) is 6.22. The zero-order valence-corrected chi connectivity index (χ0v) is 9.47. The predicted molar refractivity (Wildman–Crippen MR) is 55.0 cm³/mol. The average molecular weight is 250 g/mol. The Morgan fingerprint density at radius 3 is 3.08 bits per heavy atom. The molecular weight excluding hydrogens is 234 g/mol. The Morgan fingerprint density at radius 2 is 2.46 bits per heavy atom. The molecule has 2 unspecified atom stereocenters. The van der Waals surface area contributed by atoms with Crippen molar-refractivity contribution in [2.75, 3.05) is 11.9 Å². The van der Waals surface area contributed by atoms with Crippen LogP contribution in [0.1, 0.15) is 26.2 Å². The Kier molecular flexibility index (Phi) is 4.73. The topological polar surface area (TPSA) is 38.3 Å². The number of nitrogens with one attached hydrogen (secondary N) is 1. The standard InChI is InChI=1S/C9H16BrNO2/c1-7-6-8(3-5-13-7)11-9(12)2-4-10/h7-8H,2-6H2,1H3,(H,11,12). The van der Waals surface area contributed by atoms with E-state index in [9.17, 15) is 4.79 Å². The lowest BCUT2D eigenvalue weighted by molar-refractivity contribution is -0.122. The highest BCUT2D eigenvalue weighted by Crippen LogP contribution is 2.13. The van der Waals surface area contributed by atoms with E-state index in [0.29, 0.717) is 12.5 Å². The number of hydrogen-bond donors (Lipinski definition) is 1. The molecular formula is C9H16BrNO2. The summed E-state index contributed by atoms with van der Waals surface area (Å²) in [6.45, 7) is 2.81. The largest absolute Gasteiger partial charge is 0.378 e. The molecule has 0 bridgehead atoms. The maximum atomic E-state index is 11.2. The maximum absolute atomic E-state index is 11.2. The third-order valence-electron chi connectivity index (χ3n) is 2.17. The Labute approximate surface area is 87.3 Å². The Morgan fingerprint density at radius 1 is 1.69 bits per heavy atom. The van der Waals surface area contributed by atoms with E-state index in [1.807, 2.05) is 6.92 Å². The number of hydrogen-bond acceptors (Lipinski definition) is 2. The van der Waals surface area contributed by atoms with Crippen molar-refractivity contribution in [2.45, 2.75) is 38.3 Å². The van der Waals surface area contributed by atoms with Crippen LogP contribution in [0.15, 0.2) is 0 Å². The van der Waals surface area contributed by atoms with Gasteiger partial charge in [-0.1, -0.05) is 15.9 Å². The van der Waals surface area contributed by atoms with Crippen LogP contribution in [-0.4, -0.2) is 30.0 Å². The Balaban J connectivity index is 2.23. The SMILES string of the molecule is CC1CC(NC(=O)CCBr)CCO1. The zero-order chi connectivity index (χ0) is 9.68. The van der Waals surface area contributed by atoms with Gasteiger partial charge in [0.1, 0.15) is 0 Å². The van der Waals surface area contributed by atoms with Gasteiger partial charge in [-0.2, -0.15) is 0 Å². The molecule has 1 N–H and O–H groups in total. The molecule has 0 aliphatic carbocycles. The van der Waals surface area contributed by atoms with Crippen LogP contribution in [0.2, 0.25) is 0 Å². The summed E-state index contributed by atoms with van der Waals surface area (Å²) in [5.41, 5.74) is 0. The van der Waals surface area contributed by atoms with Crippen LogP contribution in [-0.2, 0) is 9.53 Å². The molecule has 0 spiro atoms. The number of alkyl halides is 1. The van der Waals surface area contributed by atoms with Crippen LogP contribution in [0, 0.1) is 0 Å². The number of ether oxygens (including phenoxy) is 1. The molecule has 2 atom stereocenters. The fourth-order valence-corrected chi connectivity index (χ4v) is 1.87. The van der Waals surface area contributed by atoms with Crippen molar-refractivity contribution in [2.24, 2.45) is 0 Å². The van der Waals surface area contributed by atoms with E-state index in [1.165, 1.54) is 0 Å². The molecule has 4 heteroatoms. The highest BCUT2D eigenvalue weighted by Gasteiger charge is 2.20. The third kappa shape index (κ3) is 4.09. The Hall–Kier alpha value is -0.0900. The molecule has 1 rings (SSSR count). The second-order valence-electron chi connectivity index (χ2n) is 3.41. The van der Waals surface area contributed by atoms with Gasteiger partial charge in [0.2, 0.25) is 5.91 Å². The molecule has 0 radical (unpaired) electrons. The molecule has 1 heterocycles. The molecule has 1 aliphatic heterocycles. The molecule has 0 aromatic rings. The van der Waals surface area contributed by atoms with Gasteiger partial charge in [-0.3, -0.25) is 4.79 Å². The van der Waals surface area contributed by atoms with E-state index in [1.54, 1.807) is 0 Å². The van der Waals surface area contributed by atoms with Gasteiger partial charge in [0, 0.05) is 24.4 Å². The molecule has 1 saturated heterocycles. The number of carbonyl (C=O) groups excluding carboxylic acids is 1. The highest BCUT2D eigenvalue weighted by molar-refractivity contribution is 9.09. The number of amides is 1. The van der Waals surface area contributed by atoms with Gasteiger partial charge in [0.05, 0.1) is 6.10 Å². The van der Waals surface area contributed by atoms with Crippen molar-refractivity contribution < 1.29 is 9.53 Å².